The van der Waals surface area contributed by atoms with Gasteiger partial charge in [-0.25, -0.2) is 4.68 Å². The second-order valence-electron chi connectivity index (χ2n) is 3.42. The van der Waals surface area contributed by atoms with Crippen molar-refractivity contribution in [2.24, 2.45) is 5.73 Å². The van der Waals surface area contributed by atoms with Crippen LogP contribution in [-0.2, 0) is 13.1 Å². The van der Waals surface area contributed by atoms with Crippen molar-refractivity contribution >= 4 is 0 Å². The highest BCUT2D eigenvalue weighted by molar-refractivity contribution is 5.68. The summed E-state index contributed by atoms with van der Waals surface area (Å²) in [6, 6.07) is 7.05. The SMILES string of the molecule is CCn1nnc(-c2ccccc2O)c1CN. The first kappa shape index (κ1) is 10.6. The number of para-hydroxylation sites is 1. The molecule has 2 aromatic rings. The molecule has 0 bridgehead atoms. The van der Waals surface area contributed by atoms with Crippen LogP contribution in [-0.4, -0.2) is 20.1 Å². The summed E-state index contributed by atoms with van der Waals surface area (Å²) in [6.45, 7) is 3.04. The van der Waals surface area contributed by atoms with Gasteiger partial charge in [-0.1, -0.05) is 17.3 Å². The molecule has 0 saturated carbocycles. The monoisotopic (exact) mass is 218 g/mol. The number of aromatic nitrogens is 3. The smallest absolute Gasteiger partial charge is 0.125 e. The van der Waals surface area contributed by atoms with E-state index >= 15 is 0 Å². The van der Waals surface area contributed by atoms with Crippen molar-refractivity contribution < 1.29 is 5.11 Å². The fourth-order valence-electron chi connectivity index (χ4n) is 1.67. The lowest BCUT2D eigenvalue weighted by atomic mass is 10.1. The zero-order chi connectivity index (χ0) is 11.5. The molecule has 0 amide bonds. The van der Waals surface area contributed by atoms with Gasteiger partial charge in [0, 0.05) is 18.7 Å². The Labute approximate surface area is 93.5 Å². The summed E-state index contributed by atoms with van der Waals surface area (Å²) in [4.78, 5) is 0. The molecular weight excluding hydrogens is 204 g/mol. The molecule has 0 saturated heterocycles. The number of aryl methyl sites for hydroxylation is 1. The summed E-state index contributed by atoms with van der Waals surface area (Å²) in [7, 11) is 0. The number of phenols is 1. The Bertz CT molecular complexity index is 492. The van der Waals surface area contributed by atoms with E-state index in [1.54, 1.807) is 22.9 Å². The quantitative estimate of drug-likeness (QED) is 0.809. The highest BCUT2D eigenvalue weighted by Crippen LogP contribution is 2.29. The lowest BCUT2D eigenvalue weighted by molar-refractivity contribution is 0.477. The predicted octanol–water partition coefficient (Wildman–Crippen LogP) is 1.13. The van der Waals surface area contributed by atoms with Crippen molar-refractivity contribution in [1.29, 1.82) is 0 Å². The van der Waals surface area contributed by atoms with Crippen LogP contribution in [0.4, 0.5) is 0 Å². The molecule has 0 aliphatic heterocycles. The second kappa shape index (κ2) is 4.32. The van der Waals surface area contributed by atoms with Crippen molar-refractivity contribution in [3.05, 3.63) is 30.0 Å². The highest BCUT2D eigenvalue weighted by Gasteiger charge is 2.14. The maximum absolute atomic E-state index is 9.75. The molecule has 5 nitrogen and oxygen atoms in total. The molecule has 0 aliphatic carbocycles. The van der Waals surface area contributed by atoms with Gasteiger partial charge in [0.15, 0.2) is 0 Å². The van der Waals surface area contributed by atoms with Crippen LogP contribution in [0.2, 0.25) is 0 Å². The van der Waals surface area contributed by atoms with Gasteiger partial charge in [0.05, 0.1) is 5.69 Å². The van der Waals surface area contributed by atoms with E-state index in [0.717, 1.165) is 5.69 Å². The van der Waals surface area contributed by atoms with Gasteiger partial charge in [-0.15, -0.1) is 5.10 Å². The van der Waals surface area contributed by atoms with Crippen LogP contribution in [0.1, 0.15) is 12.6 Å². The minimum absolute atomic E-state index is 0.195. The molecule has 0 radical (unpaired) electrons. The Morgan fingerprint density at radius 2 is 2.12 bits per heavy atom. The van der Waals surface area contributed by atoms with Gasteiger partial charge in [0.1, 0.15) is 11.4 Å². The standard InChI is InChI=1S/C11H14N4O/c1-2-15-9(7-12)11(13-14-15)8-5-3-4-6-10(8)16/h3-6,16H,2,7,12H2,1H3. The van der Waals surface area contributed by atoms with Gasteiger partial charge in [-0.3, -0.25) is 0 Å². The Hall–Kier alpha value is -1.88. The fraction of sp³-hybridized carbons (Fsp3) is 0.273. The van der Waals surface area contributed by atoms with Crippen LogP contribution in [0.15, 0.2) is 24.3 Å². The van der Waals surface area contributed by atoms with Gasteiger partial charge in [-0.2, -0.15) is 0 Å². The summed E-state index contributed by atoms with van der Waals surface area (Å²) in [5.74, 6) is 0.195. The third kappa shape index (κ3) is 1.65. The molecule has 1 heterocycles. The first-order chi connectivity index (χ1) is 7.77. The van der Waals surface area contributed by atoms with Crippen molar-refractivity contribution in [2.45, 2.75) is 20.0 Å². The number of aromatic hydroxyl groups is 1. The first-order valence-corrected chi connectivity index (χ1v) is 5.18. The number of hydrogen-bond donors (Lipinski definition) is 2. The van der Waals surface area contributed by atoms with E-state index in [1.165, 1.54) is 0 Å². The summed E-state index contributed by atoms with van der Waals surface area (Å²) in [5.41, 5.74) is 7.84. The molecule has 1 aromatic heterocycles. The van der Waals surface area contributed by atoms with Gasteiger partial charge in [0.2, 0.25) is 0 Å². The normalized spacial score (nSPS) is 10.6. The van der Waals surface area contributed by atoms with Crippen LogP contribution in [0.25, 0.3) is 11.3 Å². The van der Waals surface area contributed by atoms with E-state index in [2.05, 4.69) is 10.3 Å². The maximum atomic E-state index is 9.75. The molecule has 16 heavy (non-hydrogen) atoms. The molecule has 3 N–H and O–H groups in total. The molecule has 0 fully saturated rings. The third-order valence-corrected chi connectivity index (χ3v) is 2.49. The lowest BCUT2D eigenvalue weighted by Crippen LogP contribution is -2.08. The summed E-state index contributed by atoms with van der Waals surface area (Å²) in [5, 5.41) is 17.8. The number of nitrogens with two attached hydrogens (primary N) is 1. The molecule has 84 valence electrons. The van der Waals surface area contributed by atoms with Gasteiger partial charge in [-0.05, 0) is 19.1 Å². The van der Waals surface area contributed by atoms with Crippen LogP contribution >= 0.6 is 0 Å². The second-order valence-corrected chi connectivity index (χ2v) is 3.42. The summed E-state index contributed by atoms with van der Waals surface area (Å²) in [6.07, 6.45) is 0. The Balaban J connectivity index is 2.56. The van der Waals surface area contributed by atoms with Gasteiger partial charge >= 0.3 is 0 Å². The number of nitrogens with zero attached hydrogens (tertiary/aromatic N) is 3. The van der Waals surface area contributed by atoms with Crippen molar-refractivity contribution in [3.8, 4) is 17.0 Å². The van der Waals surface area contributed by atoms with Crippen molar-refractivity contribution in [1.82, 2.24) is 15.0 Å². The maximum Gasteiger partial charge on any atom is 0.125 e. The van der Waals surface area contributed by atoms with E-state index < -0.39 is 0 Å². The van der Waals surface area contributed by atoms with Crippen LogP contribution in [0, 0.1) is 0 Å². The Kier molecular flexibility index (Phi) is 2.87. The predicted molar refractivity (Wildman–Crippen MR) is 60.7 cm³/mol. The first-order valence-electron chi connectivity index (χ1n) is 5.18. The average molecular weight is 218 g/mol. The Morgan fingerprint density at radius 1 is 1.38 bits per heavy atom. The molecule has 0 spiro atoms. The van der Waals surface area contributed by atoms with Crippen molar-refractivity contribution in [2.75, 3.05) is 0 Å². The average Bonchev–Trinajstić information content (AvgIpc) is 2.72. The zero-order valence-electron chi connectivity index (χ0n) is 9.09. The number of rotatable bonds is 3. The topological polar surface area (TPSA) is 77.0 Å². The number of phenolic OH excluding ortho intramolecular Hbond substituents is 1. The van der Waals surface area contributed by atoms with E-state index in [4.69, 9.17) is 5.73 Å². The molecule has 0 atom stereocenters. The van der Waals surface area contributed by atoms with Crippen LogP contribution in [0.3, 0.4) is 0 Å². The number of benzene rings is 1. The molecule has 2 rings (SSSR count). The fourth-order valence-corrected chi connectivity index (χ4v) is 1.67. The summed E-state index contributed by atoms with van der Waals surface area (Å²) >= 11 is 0. The van der Waals surface area contributed by atoms with E-state index in [0.29, 0.717) is 24.3 Å². The van der Waals surface area contributed by atoms with Crippen molar-refractivity contribution in [3.63, 3.8) is 0 Å². The zero-order valence-corrected chi connectivity index (χ0v) is 9.09. The Morgan fingerprint density at radius 3 is 2.75 bits per heavy atom. The molecular formula is C11H14N4O. The van der Waals surface area contributed by atoms with Crippen LogP contribution < -0.4 is 5.73 Å². The van der Waals surface area contributed by atoms with E-state index in [-0.39, 0.29) is 5.75 Å². The minimum Gasteiger partial charge on any atom is -0.507 e. The van der Waals surface area contributed by atoms with Gasteiger partial charge < -0.3 is 10.8 Å². The molecule has 1 aromatic carbocycles. The molecule has 5 heteroatoms. The highest BCUT2D eigenvalue weighted by atomic mass is 16.3. The van der Waals surface area contributed by atoms with E-state index in [1.807, 2.05) is 13.0 Å². The molecule has 0 unspecified atom stereocenters. The van der Waals surface area contributed by atoms with Gasteiger partial charge in [0.25, 0.3) is 0 Å². The lowest BCUT2D eigenvalue weighted by Gasteiger charge is -2.04. The summed E-state index contributed by atoms with van der Waals surface area (Å²) < 4.78 is 1.74. The number of hydrogen-bond acceptors (Lipinski definition) is 4. The minimum atomic E-state index is 0.195. The van der Waals surface area contributed by atoms with Crippen LogP contribution in [0.5, 0.6) is 5.75 Å². The largest absolute Gasteiger partial charge is 0.507 e. The van der Waals surface area contributed by atoms with E-state index in [9.17, 15) is 5.11 Å². The molecule has 0 aliphatic rings. The third-order valence-electron chi connectivity index (χ3n) is 2.49.